The van der Waals surface area contributed by atoms with Gasteiger partial charge in [0.2, 0.25) is 0 Å². The summed E-state index contributed by atoms with van der Waals surface area (Å²) in [7, 11) is 4.20. The molecule has 1 fully saturated rings. The van der Waals surface area contributed by atoms with E-state index in [0.717, 1.165) is 18.8 Å². The molecule has 0 aliphatic carbocycles. The first-order valence-electron chi connectivity index (χ1n) is 6.87. The zero-order valence-corrected chi connectivity index (χ0v) is 12.2. The number of hydrogen-bond donors (Lipinski definition) is 1. The molecule has 1 aliphatic heterocycles. The number of nitrogens with two attached hydrogens (primary N) is 1. The van der Waals surface area contributed by atoms with Crippen molar-refractivity contribution in [3.05, 3.63) is 29.6 Å². The highest BCUT2D eigenvalue weighted by Gasteiger charge is 2.32. The topological polar surface area (TPSA) is 32.5 Å². The van der Waals surface area contributed by atoms with Gasteiger partial charge in [0.1, 0.15) is 5.82 Å². The number of benzene rings is 1. The third-order valence-electron chi connectivity index (χ3n) is 4.06. The third-order valence-corrected chi connectivity index (χ3v) is 4.06. The summed E-state index contributed by atoms with van der Waals surface area (Å²) < 4.78 is 14.0. The molecule has 19 heavy (non-hydrogen) atoms. The summed E-state index contributed by atoms with van der Waals surface area (Å²) in [5.74, 6) is 0.368. The second kappa shape index (κ2) is 5.47. The minimum absolute atomic E-state index is 0.201. The summed E-state index contributed by atoms with van der Waals surface area (Å²) in [4.78, 5) is 4.51. The highest BCUT2D eigenvalue weighted by Crippen LogP contribution is 2.32. The normalized spacial score (nSPS) is 25.1. The van der Waals surface area contributed by atoms with Crippen LogP contribution in [0.15, 0.2) is 18.2 Å². The maximum Gasteiger partial charge on any atom is 0.130 e. The molecule has 0 amide bonds. The number of rotatable bonds is 3. The lowest BCUT2D eigenvalue weighted by Gasteiger charge is -2.25. The summed E-state index contributed by atoms with van der Waals surface area (Å²) in [5.41, 5.74) is 7.52. The van der Waals surface area contributed by atoms with Gasteiger partial charge in [-0.1, -0.05) is 13.0 Å². The van der Waals surface area contributed by atoms with Crippen LogP contribution in [0.25, 0.3) is 0 Å². The Morgan fingerprint density at radius 3 is 2.58 bits per heavy atom. The average Bonchev–Trinajstić information content (AvgIpc) is 2.70. The molecule has 1 saturated heterocycles. The predicted molar refractivity (Wildman–Crippen MR) is 77.9 cm³/mol. The Morgan fingerprint density at radius 2 is 2.05 bits per heavy atom. The van der Waals surface area contributed by atoms with Crippen LogP contribution < -0.4 is 10.6 Å². The molecule has 1 aromatic carbocycles. The molecule has 0 aromatic heterocycles. The van der Waals surface area contributed by atoms with Crippen LogP contribution >= 0.6 is 0 Å². The van der Waals surface area contributed by atoms with E-state index < -0.39 is 0 Å². The van der Waals surface area contributed by atoms with Crippen LogP contribution in [0.1, 0.15) is 25.5 Å². The summed E-state index contributed by atoms with van der Waals surface area (Å²) in [6.45, 7) is 5.96. The smallest absolute Gasteiger partial charge is 0.130 e. The van der Waals surface area contributed by atoms with Crippen LogP contribution in [0, 0.1) is 11.7 Å². The fourth-order valence-electron chi connectivity index (χ4n) is 3.07. The molecule has 2 N–H and O–H groups in total. The molecule has 1 aliphatic rings. The SMILES string of the molecule is CC1CN(c2cccc(F)c2[C@@H](C)N)CC1N(C)C. The van der Waals surface area contributed by atoms with Crippen molar-refractivity contribution in [1.29, 1.82) is 0 Å². The Hall–Kier alpha value is -1.13. The van der Waals surface area contributed by atoms with Crippen molar-refractivity contribution >= 4 is 5.69 Å². The third kappa shape index (κ3) is 2.74. The molecule has 0 saturated carbocycles. The summed E-state index contributed by atoms with van der Waals surface area (Å²) >= 11 is 0. The molecular formula is C15H24FN3. The van der Waals surface area contributed by atoms with E-state index in [2.05, 4.69) is 30.8 Å². The van der Waals surface area contributed by atoms with Gasteiger partial charge in [-0.05, 0) is 39.1 Å². The van der Waals surface area contributed by atoms with Gasteiger partial charge in [-0.2, -0.15) is 0 Å². The quantitative estimate of drug-likeness (QED) is 0.909. The standard InChI is InChI=1S/C15H24FN3/c1-10-8-19(9-14(10)18(3)4)13-7-5-6-12(16)15(13)11(2)17/h5-7,10-11,14H,8-9,17H2,1-4H3/t10?,11-,14?/m1/s1. The van der Waals surface area contributed by atoms with Crippen LogP contribution in [-0.4, -0.2) is 38.1 Å². The average molecular weight is 265 g/mol. The van der Waals surface area contributed by atoms with Crippen molar-refractivity contribution in [2.45, 2.75) is 25.9 Å². The monoisotopic (exact) mass is 265 g/mol. The molecule has 0 bridgehead atoms. The van der Waals surface area contributed by atoms with E-state index in [4.69, 9.17) is 5.73 Å². The molecule has 3 nitrogen and oxygen atoms in total. The fraction of sp³-hybridized carbons (Fsp3) is 0.600. The molecule has 2 rings (SSSR count). The van der Waals surface area contributed by atoms with Crippen molar-refractivity contribution in [3.8, 4) is 0 Å². The van der Waals surface area contributed by atoms with E-state index in [0.29, 0.717) is 17.5 Å². The van der Waals surface area contributed by atoms with Crippen LogP contribution in [0.5, 0.6) is 0 Å². The molecule has 0 radical (unpaired) electrons. The van der Waals surface area contributed by atoms with Crippen LogP contribution in [0.3, 0.4) is 0 Å². The maximum absolute atomic E-state index is 14.0. The van der Waals surface area contributed by atoms with Crippen LogP contribution in [-0.2, 0) is 0 Å². The number of anilines is 1. The minimum atomic E-state index is -0.287. The van der Waals surface area contributed by atoms with Gasteiger partial charge < -0.3 is 15.5 Å². The van der Waals surface area contributed by atoms with E-state index >= 15 is 0 Å². The summed E-state index contributed by atoms with van der Waals surface area (Å²) in [5, 5.41) is 0. The van der Waals surface area contributed by atoms with Gasteiger partial charge in [-0.25, -0.2) is 4.39 Å². The number of hydrogen-bond acceptors (Lipinski definition) is 3. The molecule has 1 heterocycles. The zero-order chi connectivity index (χ0) is 14.2. The first-order valence-corrected chi connectivity index (χ1v) is 6.87. The maximum atomic E-state index is 14.0. The van der Waals surface area contributed by atoms with Gasteiger partial charge in [0.25, 0.3) is 0 Å². The van der Waals surface area contributed by atoms with Gasteiger partial charge >= 0.3 is 0 Å². The van der Waals surface area contributed by atoms with Gasteiger partial charge in [0, 0.05) is 36.4 Å². The van der Waals surface area contributed by atoms with Gasteiger partial charge in [-0.15, -0.1) is 0 Å². The first-order chi connectivity index (χ1) is 8.91. The number of nitrogens with zero attached hydrogens (tertiary/aromatic N) is 2. The molecule has 2 unspecified atom stereocenters. The molecule has 0 spiro atoms. The van der Waals surface area contributed by atoms with E-state index in [-0.39, 0.29) is 11.9 Å². The second-order valence-corrected chi connectivity index (χ2v) is 5.87. The van der Waals surface area contributed by atoms with Gasteiger partial charge in [-0.3, -0.25) is 0 Å². The van der Waals surface area contributed by atoms with E-state index in [1.165, 1.54) is 6.07 Å². The fourth-order valence-corrected chi connectivity index (χ4v) is 3.07. The van der Waals surface area contributed by atoms with Crippen molar-refractivity contribution in [2.24, 2.45) is 11.7 Å². The van der Waals surface area contributed by atoms with Crippen LogP contribution in [0.4, 0.5) is 10.1 Å². The molecule has 4 heteroatoms. The summed E-state index contributed by atoms with van der Waals surface area (Å²) in [6, 6.07) is 5.45. The van der Waals surface area contributed by atoms with Crippen molar-refractivity contribution in [2.75, 3.05) is 32.1 Å². The van der Waals surface area contributed by atoms with Crippen LogP contribution in [0.2, 0.25) is 0 Å². The highest BCUT2D eigenvalue weighted by atomic mass is 19.1. The molecule has 1 aromatic rings. The van der Waals surface area contributed by atoms with Gasteiger partial charge in [0.05, 0.1) is 0 Å². The van der Waals surface area contributed by atoms with E-state index in [9.17, 15) is 4.39 Å². The predicted octanol–water partition coefficient (Wildman–Crippen LogP) is 2.23. The highest BCUT2D eigenvalue weighted by molar-refractivity contribution is 5.56. The lowest BCUT2D eigenvalue weighted by atomic mass is 10.1. The minimum Gasteiger partial charge on any atom is -0.369 e. The zero-order valence-electron chi connectivity index (χ0n) is 12.2. The number of halogens is 1. The molecule has 106 valence electrons. The first kappa shape index (κ1) is 14.3. The van der Waals surface area contributed by atoms with Crippen molar-refractivity contribution in [1.82, 2.24) is 4.90 Å². The largest absolute Gasteiger partial charge is 0.369 e. The Morgan fingerprint density at radius 1 is 1.37 bits per heavy atom. The Bertz CT molecular complexity index is 445. The van der Waals surface area contributed by atoms with E-state index in [1.54, 1.807) is 6.07 Å². The number of likely N-dealkylation sites (N-methyl/N-ethyl adjacent to an activating group) is 1. The Kier molecular flexibility index (Phi) is 4.11. The van der Waals surface area contributed by atoms with Crippen molar-refractivity contribution in [3.63, 3.8) is 0 Å². The lowest BCUT2D eigenvalue weighted by Crippen LogP contribution is -2.34. The second-order valence-electron chi connectivity index (χ2n) is 5.87. The van der Waals surface area contributed by atoms with Crippen molar-refractivity contribution < 1.29 is 4.39 Å². The Labute approximate surface area is 115 Å². The lowest BCUT2D eigenvalue weighted by molar-refractivity contribution is 0.266. The molecule has 3 atom stereocenters. The van der Waals surface area contributed by atoms with Gasteiger partial charge in [0.15, 0.2) is 0 Å². The summed E-state index contributed by atoms with van der Waals surface area (Å²) in [6.07, 6.45) is 0. The Balaban J connectivity index is 2.31. The van der Waals surface area contributed by atoms with E-state index in [1.807, 2.05) is 13.0 Å². The molecular weight excluding hydrogens is 241 g/mol.